The van der Waals surface area contributed by atoms with Gasteiger partial charge in [-0.3, -0.25) is 4.79 Å². The third kappa shape index (κ3) is 5.87. The SMILES string of the molecule is C=CC(=O)Nc1cc(Nc2ncc(Cl)c(Nc3ccccc3P(C)(C)=O)n2)c(OC)cc1OC. The number of nitrogens with zero attached hydrogens (tertiary/aromatic N) is 2. The van der Waals surface area contributed by atoms with Crippen LogP contribution in [-0.2, 0) is 9.36 Å². The number of aromatic nitrogens is 2. The van der Waals surface area contributed by atoms with Crippen LogP contribution in [0.25, 0.3) is 0 Å². The Kier molecular flexibility index (Phi) is 7.81. The van der Waals surface area contributed by atoms with Crippen molar-refractivity contribution >= 4 is 58.8 Å². The number of rotatable bonds is 9. The van der Waals surface area contributed by atoms with Gasteiger partial charge in [0.1, 0.15) is 23.7 Å². The first-order valence-electron chi connectivity index (χ1n) is 10.1. The molecular weight excluding hydrogens is 477 g/mol. The lowest BCUT2D eigenvalue weighted by Gasteiger charge is -2.17. The highest BCUT2D eigenvalue weighted by Crippen LogP contribution is 2.40. The summed E-state index contributed by atoms with van der Waals surface area (Å²) >= 11 is 6.33. The number of nitrogens with one attached hydrogen (secondary N) is 3. The lowest BCUT2D eigenvalue weighted by molar-refractivity contribution is -0.111. The number of carbonyl (C=O) groups excluding carboxylic acids is 1. The Morgan fingerprint density at radius 3 is 2.38 bits per heavy atom. The van der Waals surface area contributed by atoms with Gasteiger partial charge >= 0.3 is 0 Å². The van der Waals surface area contributed by atoms with E-state index in [1.807, 2.05) is 18.2 Å². The summed E-state index contributed by atoms with van der Waals surface area (Å²) in [7, 11) is 0.436. The van der Waals surface area contributed by atoms with Crippen molar-refractivity contribution in [3.63, 3.8) is 0 Å². The predicted octanol–water partition coefficient (Wildman–Crippen LogP) is 5.01. The fourth-order valence-electron chi connectivity index (χ4n) is 3.09. The number of methoxy groups -OCH3 is 2. The zero-order valence-electron chi connectivity index (χ0n) is 19.2. The van der Waals surface area contributed by atoms with Gasteiger partial charge in [-0.2, -0.15) is 4.98 Å². The maximum atomic E-state index is 12.7. The number of amides is 1. The van der Waals surface area contributed by atoms with E-state index in [0.717, 1.165) is 6.08 Å². The summed E-state index contributed by atoms with van der Waals surface area (Å²) in [5.74, 6) is 0.978. The third-order valence-corrected chi connectivity index (χ3v) is 6.52. The Morgan fingerprint density at radius 2 is 1.74 bits per heavy atom. The van der Waals surface area contributed by atoms with E-state index in [9.17, 15) is 9.36 Å². The molecule has 1 aromatic heterocycles. The lowest BCUT2D eigenvalue weighted by Crippen LogP contribution is -2.11. The van der Waals surface area contributed by atoms with Crippen molar-refractivity contribution in [3.8, 4) is 11.5 Å². The minimum atomic E-state index is -2.55. The van der Waals surface area contributed by atoms with Gasteiger partial charge in [-0.1, -0.05) is 30.3 Å². The second kappa shape index (κ2) is 10.6. The van der Waals surface area contributed by atoms with E-state index in [4.69, 9.17) is 21.1 Å². The number of halogens is 1. The summed E-state index contributed by atoms with van der Waals surface area (Å²) in [6.07, 6.45) is 2.59. The molecule has 3 N–H and O–H groups in total. The number of carbonyl (C=O) groups is 1. The standard InChI is InChI=1S/C23H25ClN5O4P/c1-6-21(30)26-16-11-17(19(33-3)12-18(16)32-2)28-23-25-13-14(24)22(29-23)27-15-9-7-8-10-20(15)34(4,5)31/h6-13H,1H2,2-5H3,(H,26,30)(H2,25,27,28,29). The Labute approximate surface area is 202 Å². The quantitative estimate of drug-likeness (QED) is 0.277. The van der Waals surface area contributed by atoms with Crippen LogP contribution in [0.1, 0.15) is 0 Å². The van der Waals surface area contributed by atoms with Crippen molar-refractivity contribution in [3.05, 3.63) is 60.3 Å². The molecule has 0 atom stereocenters. The Morgan fingerprint density at radius 1 is 1.06 bits per heavy atom. The van der Waals surface area contributed by atoms with Crippen molar-refractivity contribution in [1.82, 2.24) is 9.97 Å². The molecule has 34 heavy (non-hydrogen) atoms. The molecule has 0 saturated carbocycles. The molecule has 0 radical (unpaired) electrons. The first kappa shape index (κ1) is 25.1. The number of hydrogen-bond donors (Lipinski definition) is 3. The van der Waals surface area contributed by atoms with E-state index >= 15 is 0 Å². The van der Waals surface area contributed by atoms with Gasteiger partial charge in [0.25, 0.3) is 0 Å². The Bertz CT molecular complexity index is 1280. The molecule has 0 saturated heterocycles. The average Bonchev–Trinajstić information content (AvgIpc) is 2.81. The van der Waals surface area contributed by atoms with Gasteiger partial charge in [-0.05, 0) is 37.6 Å². The normalized spacial score (nSPS) is 10.9. The van der Waals surface area contributed by atoms with Crippen LogP contribution < -0.4 is 30.7 Å². The largest absolute Gasteiger partial charge is 0.494 e. The fourth-order valence-corrected chi connectivity index (χ4v) is 4.38. The van der Waals surface area contributed by atoms with Gasteiger partial charge in [0.2, 0.25) is 11.9 Å². The number of anilines is 5. The summed E-state index contributed by atoms with van der Waals surface area (Å²) < 4.78 is 23.5. The molecule has 1 amide bonds. The van der Waals surface area contributed by atoms with E-state index in [1.165, 1.54) is 20.4 Å². The third-order valence-electron chi connectivity index (χ3n) is 4.69. The molecule has 0 unspecified atom stereocenters. The topological polar surface area (TPSA) is 114 Å². The van der Waals surface area contributed by atoms with E-state index in [2.05, 4.69) is 32.5 Å². The molecule has 0 aliphatic rings. The second-order valence-corrected chi connectivity index (χ2v) is 11.0. The number of ether oxygens (including phenoxy) is 2. The molecule has 0 fully saturated rings. The van der Waals surface area contributed by atoms with E-state index in [-0.39, 0.29) is 11.0 Å². The van der Waals surface area contributed by atoms with Crippen LogP contribution in [0.2, 0.25) is 5.02 Å². The average molecular weight is 502 g/mol. The summed E-state index contributed by atoms with van der Waals surface area (Å²) in [6, 6.07) is 10.5. The van der Waals surface area contributed by atoms with Gasteiger partial charge in [0.05, 0.1) is 37.5 Å². The van der Waals surface area contributed by atoms with Crippen LogP contribution in [0.15, 0.2) is 55.3 Å². The van der Waals surface area contributed by atoms with Gasteiger partial charge < -0.3 is 30.0 Å². The highest BCUT2D eigenvalue weighted by Gasteiger charge is 2.18. The Hall–Kier alpha value is -3.55. The minimum absolute atomic E-state index is 0.213. The van der Waals surface area contributed by atoms with Crippen LogP contribution in [0, 0.1) is 0 Å². The van der Waals surface area contributed by atoms with Crippen molar-refractivity contribution in [1.29, 1.82) is 0 Å². The fraction of sp³-hybridized carbons (Fsp3) is 0.174. The van der Waals surface area contributed by atoms with Crippen LogP contribution in [0.5, 0.6) is 11.5 Å². The molecular formula is C23H25ClN5O4P. The van der Waals surface area contributed by atoms with Gasteiger partial charge in [0.15, 0.2) is 5.82 Å². The molecule has 0 aliphatic heterocycles. The zero-order valence-corrected chi connectivity index (χ0v) is 20.8. The molecule has 0 bridgehead atoms. The van der Waals surface area contributed by atoms with E-state index < -0.39 is 13.0 Å². The molecule has 2 aromatic carbocycles. The van der Waals surface area contributed by atoms with Gasteiger partial charge in [-0.25, -0.2) is 4.98 Å². The van der Waals surface area contributed by atoms with Crippen molar-refractivity contribution in [2.45, 2.75) is 0 Å². The minimum Gasteiger partial charge on any atom is -0.494 e. The predicted molar refractivity (Wildman–Crippen MR) is 138 cm³/mol. The molecule has 0 spiro atoms. The highest BCUT2D eigenvalue weighted by atomic mass is 35.5. The number of para-hydroxylation sites is 1. The summed E-state index contributed by atoms with van der Waals surface area (Å²) in [5.41, 5.74) is 1.51. The lowest BCUT2D eigenvalue weighted by atomic mass is 10.2. The second-order valence-electron chi connectivity index (χ2n) is 7.45. The van der Waals surface area contributed by atoms with Crippen LogP contribution in [-0.4, -0.2) is 43.4 Å². The Balaban J connectivity index is 1.97. The van der Waals surface area contributed by atoms with Crippen LogP contribution in [0.4, 0.5) is 28.8 Å². The number of benzene rings is 2. The molecule has 3 rings (SSSR count). The van der Waals surface area contributed by atoms with Crippen molar-refractivity contribution in [2.75, 3.05) is 43.5 Å². The maximum absolute atomic E-state index is 12.7. The van der Waals surface area contributed by atoms with Gasteiger partial charge in [-0.15, -0.1) is 0 Å². The smallest absolute Gasteiger partial charge is 0.247 e. The molecule has 9 nitrogen and oxygen atoms in total. The summed E-state index contributed by atoms with van der Waals surface area (Å²) in [5, 5.41) is 9.87. The maximum Gasteiger partial charge on any atom is 0.247 e. The van der Waals surface area contributed by atoms with Crippen molar-refractivity contribution < 1.29 is 18.8 Å². The summed E-state index contributed by atoms with van der Waals surface area (Å²) in [6.45, 7) is 6.85. The van der Waals surface area contributed by atoms with Crippen molar-refractivity contribution in [2.24, 2.45) is 0 Å². The van der Waals surface area contributed by atoms with E-state index in [1.54, 1.807) is 31.5 Å². The molecule has 0 aliphatic carbocycles. The zero-order chi connectivity index (χ0) is 24.9. The molecule has 11 heteroatoms. The monoisotopic (exact) mass is 501 g/mol. The first-order chi connectivity index (χ1) is 16.2. The van der Waals surface area contributed by atoms with Crippen LogP contribution in [0.3, 0.4) is 0 Å². The molecule has 3 aromatic rings. The summed E-state index contributed by atoms with van der Waals surface area (Å²) in [4.78, 5) is 20.5. The highest BCUT2D eigenvalue weighted by molar-refractivity contribution is 7.70. The van der Waals surface area contributed by atoms with Crippen LogP contribution >= 0.6 is 18.7 Å². The number of hydrogen-bond acceptors (Lipinski definition) is 8. The molecule has 178 valence electrons. The van der Waals surface area contributed by atoms with E-state index in [0.29, 0.717) is 39.7 Å². The molecule has 1 heterocycles. The first-order valence-corrected chi connectivity index (χ1v) is 13.0. The van der Waals surface area contributed by atoms with Gasteiger partial charge in [0, 0.05) is 11.4 Å².